The third-order valence-corrected chi connectivity index (χ3v) is 3.50. The summed E-state index contributed by atoms with van der Waals surface area (Å²) in [5, 5.41) is 16.9. The number of rotatable bonds is 5. The van der Waals surface area contributed by atoms with Gasteiger partial charge < -0.3 is 10.6 Å². The number of carbonyl (C=O) groups is 1. The lowest BCUT2D eigenvalue weighted by atomic mass is 10.2. The fourth-order valence-electron chi connectivity index (χ4n) is 2.18. The van der Waals surface area contributed by atoms with Crippen molar-refractivity contribution in [2.24, 2.45) is 0 Å². The number of amides is 1. The Morgan fingerprint density at radius 3 is 2.76 bits per heavy atom. The van der Waals surface area contributed by atoms with E-state index >= 15 is 0 Å². The topological polar surface area (TPSA) is 87.5 Å². The first-order valence-corrected chi connectivity index (χ1v) is 7.10. The van der Waals surface area contributed by atoms with Crippen LogP contribution in [0.5, 0.6) is 0 Å². The van der Waals surface area contributed by atoms with E-state index < -0.39 is 4.92 Å². The molecule has 0 unspecified atom stereocenters. The zero-order chi connectivity index (χ0) is 15.2. The van der Waals surface area contributed by atoms with E-state index in [2.05, 4.69) is 15.5 Å². The average molecular weight is 313 g/mol. The molecule has 0 bridgehead atoms. The molecule has 2 rings (SSSR count). The fourth-order valence-corrected chi connectivity index (χ4v) is 2.40. The fraction of sp³-hybridized carbons (Fsp3) is 0.462. The number of non-ortho nitro benzene ring substituents is 1. The van der Waals surface area contributed by atoms with Crippen molar-refractivity contribution >= 4 is 23.2 Å². The molecule has 1 saturated heterocycles. The van der Waals surface area contributed by atoms with Gasteiger partial charge in [-0.25, -0.2) is 0 Å². The predicted molar refractivity (Wildman–Crippen MR) is 79.7 cm³/mol. The van der Waals surface area contributed by atoms with Crippen molar-refractivity contribution in [3.63, 3.8) is 0 Å². The number of benzene rings is 1. The minimum absolute atomic E-state index is 0.177. The molecule has 1 aromatic carbocycles. The van der Waals surface area contributed by atoms with Gasteiger partial charge in [0.2, 0.25) is 0 Å². The highest BCUT2D eigenvalue weighted by molar-refractivity contribution is 6.31. The molecule has 1 heterocycles. The number of nitrogens with one attached hydrogen (secondary N) is 2. The van der Waals surface area contributed by atoms with Crippen LogP contribution in [0.2, 0.25) is 5.02 Å². The lowest BCUT2D eigenvalue weighted by Gasteiger charge is -2.27. The van der Waals surface area contributed by atoms with Crippen molar-refractivity contribution in [2.75, 3.05) is 39.3 Å². The summed E-state index contributed by atoms with van der Waals surface area (Å²) in [7, 11) is 0. The zero-order valence-corrected chi connectivity index (χ0v) is 12.2. The highest BCUT2D eigenvalue weighted by Gasteiger charge is 2.14. The van der Waals surface area contributed by atoms with E-state index in [1.54, 1.807) is 0 Å². The molecule has 0 aliphatic carbocycles. The van der Waals surface area contributed by atoms with Crippen LogP contribution < -0.4 is 10.6 Å². The second-order valence-electron chi connectivity index (χ2n) is 4.80. The molecule has 0 radical (unpaired) electrons. The van der Waals surface area contributed by atoms with E-state index in [4.69, 9.17) is 11.6 Å². The Balaban J connectivity index is 1.89. The van der Waals surface area contributed by atoms with Crippen molar-refractivity contribution in [3.8, 4) is 0 Å². The van der Waals surface area contributed by atoms with Gasteiger partial charge in [-0.1, -0.05) is 11.6 Å². The second kappa shape index (κ2) is 7.35. The third-order valence-electron chi connectivity index (χ3n) is 3.28. The van der Waals surface area contributed by atoms with Gasteiger partial charge in [-0.2, -0.15) is 0 Å². The molecule has 0 atom stereocenters. The summed E-state index contributed by atoms with van der Waals surface area (Å²) >= 11 is 5.79. The normalized spacial score (nSPS) is 15.7. The van der Waals surface area contributed by atoms with Crippen molar-refractivity contribution in [2.45, 2.75) is 0 Å². The van der Waals surface area contributed by atoms with E-state index in [1.807, 2.05) is 0 Å². The van der Waals surface area contributed by atoms with Gasteiger partial charge in [0, 0.05) is 62.0 Å². The van der Waals surface area contributed by atoms with Crippen LogP contribution in [0.15, 0.2) is 18.2 Å². The Morgan fingerprint density at radius 1 is 1.38 bits per heavy atom. The number of halogens is 1. The predicted octanol–water partition coefficient (Wildman–Crippen LogP) is 0.883. The van der Waals surface area contributed by atoms with Crippen molar-refractivity contribution < 1.29 is 9.72 Å². The molecule has 21 heavy (non-hydrogen) atoms. The Hall–Kier alpha value is -1.70. The lowest BCUT2D eigenvalue weighted by molar-refractivity contribution is -0.384. The maximum Gasteiger partial charge on any atom is 0.271 e. The van der Waals surface area contributed by atoms with Crippen LogP contribution in [-0.4, -0.2) is 55.0 Å². The molecule has 1 aliphatic heterocycles. The van der Waals surface area contributed by atoms with E-state index in [0.717, 1.165) is 32.7 Å². The number of nitro benzene ring substituents is 1. The van der Waals surface area contributed by atoms with Crippen LogP contribution in [0.25, 0.3) is 0 Å². The molecular formula is C13H17ClN4O3. The molecular weight excluding hydrogens is 296 g/mol. The summed E-state index contributed by atoms with van der Waals surface area (Å²) in [6.07, 6.45) is 0. The van der Waals surface area contributed by atoms with E-state index in [9.17, 15) is 14.9 Å². The summed E-state index contributed by atoms with van der Waals surface area (Å²) in [6.45, 7) is 5.08. The maximum absolute atomic E-state index is 12.0. The monoisotopic (exact) mass is 312 g/mol. The molecule has 0 spiro atoms. The first-order chi connectivity index (χ1) is 10.1. The first-order valence-electron chi connectivity index (χ1n) is 6.72. The maximum atomic E-state index is 12.0. The van der Waals surface area contributed by atoms with E-state index in [-0.39, 0.29) is 22.2 Å². The molecule has 2 N–H and O–H groups in total. The van der Waals surface area contributed by atoms with Crippen molar-refractivity contribution in [1.29, 1.82) is 0 Å². The molecule has 1 aliphatic rings. The van der Waals surface area contributed by atoms with Gasteiger partial charge in [-0.05, 0) is 6.07 Å². The Kier molecular flexibility index (Phi) is 5.49. The highest BCUT2D eigenvalue weighted by Crippen LogP contribution is 2.20. The Bertz CT molecular complexity index is 532. The second-order valence-corrected chi connectivity index (χ2v) is 5.24. The minimum atomic E-state index is -0.566. The van der Waals surface area contributed by atoms with Gasteiger partial charge in [0.25, 0.3) is 11.6 Å². The summed E-state index contributed by atoms with van der Waals surface area (Å²) in [6, 6.07) is 3.87. The van der Waals surface area contributed by atoms with Crippen LogP contribution in [-0.2, 0) is 0 Å². The number of carbonyl (C=O) groups excluding carboxylic acids is 1. The number of piperazine rings is 1. The Labute approximate surface area is 127 Å². The molecule has 7 nitrogen and oxygen atoms in total. The molecule has 0 aromatic heterocycles. The van der Waals surface area contributed by atoms with E-state index in [1.165, 1.54) is 18.2 Å². The van der Waals surface area contributed by atoms with E-state index in [0.29, 0.717) is 6.54 Å². The Morgan fingerprint density at radius 2 is 2.10 bits per heavy atom. The van der Waals surface area contributed by atoms with Crippen LogP contribution in [0, 0.1) is 10.1 Å². The number of nitro groups is 1. The quantitative estimate of drug-likeness (QED) is 0.622. The molecule has 1 aromatic rings. The minimum Gasteiger partial charge on any atom is -0.351 e. The summed E-state index contributed by atoms with van der Waals surface area (Å²) in [5.74, 6) is -0.351. The van der Waals surface area contributed by atoms with Gasteiger partial charge in [0.05, 0.1) is 4.92 Å². The SMILES string of the molecule is O=C(NCCN1CCNCC1)c1cc(Cl)cc([N+](=O)[O-])c1. The highest BCUT2D eigenvalue weighted by atomic mass is 35.5. The number of nitrogens with zero attached hydrogens (tertiary/aromatic N) is 2. The largest absolute Gasteiger partial charge is 0.351 e. The standard InChI is InChI=1S/C13H17ClN4O3/c14-11-7-10(8-12(9-11)18(20)21)13(19)16-3-6-17-4-1-15-2-5-17/h7-9,15H,1-6H2,(H,16,19). The van der Waals surface area contributed by atoms with Gasteiger partial charge in [0.1, 0.15) is 0 Å². The lowest BCUT2D eigenvalue weighted by Crippen LogP contribution is -2.46. The first kappa shape index (κ1) is 15.7. The van der Waals surface area contributed by atoms with Crippen LogP contribution >= 0.6 is 11.6 Å². The number of hydrogen-bond acceptors (Lipinski definition) is 5. The summed E-state index contributed by atoms with van der Waals surface area (Å²) in [4.78, 5) is 24.4. The molecule has 8 heteroatoms. The summed E-state index contributed by atoms with van der Waals surface area (Å²) in [5.41, 5.74) is 0.0178. The molecule has 114 valence electrons. The number of hydrogen-bond donors (Lipinski definition) is 2. The molecule has 1 amide bonds. The zero-order valence-electron chi connectivity index (χ0n) is 11.5. The third kappa shape index (κ3) is 4.66. The smallest absolute Gasteiger partial charge is 0.271 e. The molecule has 1 fully saturated rings. The van der Waals surface area contributed by atoms with Crippen molar-refractivity contribution in [3.05, 3.63) is 38.9 Å². The van der Waals surface area contributed by atoms with Crippen LogP contribution in [0.4, 0.5) is 5.69 Å². The van der Waals surface area contributed by atoms with Crippen LogP contribution in [0.1, 0.15) is 10.4 Å². The van der Waals surface area contributed by atoms with Gasteiger partial charge >= 0.3 is 0 Å². The van der Waals surface area contributed by atoms with Crippen molar-refractivity contribution in [1.82, 2.24) is 15.5 Å². The summed E-state index contributed by atoms with van der Waals surface area (Å²) < 4.78 is 0. The van der Waals surface area contributed by atoms with Gasteiger partial charge in [-0.15, -0.1) is 0 Å². The average Bonchev–Trinajstić information content (AvgIpc) is 2.47. The van der Waals surface area contributed by atoms with Crippen LogP contribution in [0.3, 0.4) is 0 Å². The van der Waals surface area contributed by atoms with Gasteiger partial charge in [0.15, 0.2) is 0 Å². The van der Waals surface area contributed by atoms with Gasteiger partial charge in [-0.3, -0.25) is 19.8 Å². The molecule has 0 saturated carbocycles.